The summed E-state index contributed by atoms with van der Waals surface area (Å²) >= 11 is 0.231. The van der Waals surface area contributed by atoms with Gasteiger partial charge in [-0.2, -0.15) is 13.2 Å². The molecule has 0 aliphatic heterocycles. The number of carbonyl (C=O) groups is 1. The van der Waals surface area contributed by atoms with Gasteiger partial charge in [0, 0.05) is 12.6 Å². The third-order valence-electron chi connectivity index (χ3n) is 3.03. The van der Waals surface area contributed by atoms with Crippen LogP contribution >= 0.6 is 11.8 Å². The Morgan fingerprint density at radius 1 is 1.31 bits per heavy atom. The van der Waals surface area contributed by atoms with Crippen molar-refractivity contribution >= 4 is 34.8 Å². The van der Waals surface area contributed by atoms with Gasteiger partial charge in [0.2, 0.25) is 0 Å². The normalized spacial score (nSPS) is 11.1. The maximum Gasteiger partial charge on any atom is 0.417 e. The number of hydrogen-bond acceptors (Lipinski definition) is 8. The number of nitrogens with one attached hydrogen (secondary N) is 1. The maximum atomic E-state index is 13.3. The fourth-order valence-electron chi connectivity index (χ4n) is 1.93. The Bertz CT molecular complexity index is 726. The van der Waals surface area contributed by atoms with Crippen molar-refractivity contribution in [1.29, 1.82) is 0 Å². The molecule has 0 unspecified atom stereocenters. The molecule has 0 radical (unpaired) electrons. The van der Waals surface area contributed by atoms with Crippen molar-refractivity contribution in [3.63, 3.8) is 0 Å². The molecule has 0 aromatic heterocycles. The Hall–Kier alpha value is -2.57. The quantitative estimate of drug-likeness (QED) is 0.305. The van der Waals surface area contributed by atoms with Crippen LogP contribution in [-0.4, -0.2) is 35.2 Å². The minimum absolute atomic E-state index is 0.0636. The van der Waals surface area contributed by atoms with Gasteiger partial charge in [-0.3, -0.25) is 25.0 Å². The van der Waals surface area contributed by atoms with Gasteiger partial charge in [-0.15, -0.1) is 11.8 Å². The van der Waals surface area contributed by atoms with Crippen LogP contribution in [0, 0.1) is 20.2 Å². The molecule has 144 valence electrons. The molecule has 1 N–H and O–H groups in total. The van der Waals surface area contributed by atoms with Gasteiger partial charge in [0.05, 0.1) is 28.3 Å². The lowest BCUT2D eigenvalue weighted by molar-refractivity contribution is -0.394. The Morgan fingerprint density at radius 2 is 1.92 bits per heavy atom. The molecule has 1 rings (SSSR count). The highest BCUT2D eigenvalue weighted by atomic mass is 32.2. The lowest BCUT2D eigenvalue weighted by atomic mass is 10.1. The van der Waals surface area contributed by atoms with E-state index in [9.17, 15) is 38.2 Å². The smallest absolute Gasteiger partial charge is 0.417 e. The summed E-state index contributed by atoms with van der Waals surface area (Å²) in [6.07, 6.45) is -4.68. The summed E-state index contributed by atoms with van der Waals surface area (Å²) in [4.78, 5) is 30.7. The standard InChI is InChI=1S/C13H14F3N3O6S/c1-3-4-17-10-8(18(21)22)5-7(13(14,15)16)12(11(10)19(23)24)26-6-9(20)25-2/h5,17H,3-4,6H2,1-2H3. The largest absolute Gasteiger partial charge is 0.468 e. The minimum Gasteiger partial charge on any atom is -0.468 e. The van der Waals surface area contributed by atoms with Crippen LogP contribution < -0.4 is 5.32 Å². The number of esters is 1. The predicted molar refractivity (Wildman–Crippen MR) is 86.3 cm³/mol. The second-order valence-corrected chi connectivity index (χ2v) is 5.79. The van der Waals surface area contributed by atoms with Crippen LogP contribution in [-0.2, 0) is 15.7 Å². The van der Waals surface area contributed by atoms with Gasteiger partial charge in [0.25, 0.3) is 5.69 Å². The van der Waals surface area contributed by atoms with Crippen molar-refractivity contribution in [3.8, 4) is 0 Å². The van der Waals surface area contributed by atoms with Crippen LogP contribution in [0.5, 0.6) is 0 Å². The summed E-state index contributed by atoms with van der Waals surface area (Å²) in [7, 11) is 1.01. The number of anilines is 1. The molecule has 0 aliphatic carbocycles. The molecule has 1 aromatic rings. The van der Waals surface area contributed by atoms with E-state index in [1.807, 2.05) is 0 Å². The zero-order valence-corrected chi connectivity index (χ0v) is 14.4. The lowest BCUT2D eigenvalue weighted by Crippen LogP contribution is -2.14. The summed E-state index contributed by atoms with van der Waals surface area (Å²) in [6, 6.07) is 0.227. The monoisotopic (exact) mass is 397 g/mol. The molecule has 0 saturated carbocycles. The van der Waals surface area contributed by atoms with E-state index >= 15 is 0 Å². The first-order valence-electron chi connectivity index (χ1n) is 7.05. The molecular formula is C13H14F3N3O6S. The first-order chi connectivity index (χ1) is 12.0. The number of benzene rings is 1. The number of carbonyl (C=O) groups excluding carboxylic acids is 1. The fraction of sp³-hybridized carbons (Fsp3) is 0.462. The molecular weight excluding hydrogens is 383 g/mol. The highest BCUT2D eigenvalue weighted by Crippen LogP contribution is 2.49. The van der Waals surface area contributed by atoms with Crippen molar-refractivity contribution in [2.45, 2.75) is 24.4 Å². The summed E-state index contributed by atoms with van der Waals surface area (Å²) in [5.74, 6) is -1.54. The fourth-order valence-corrected chi connectivity index (χ4v) is 2.95. The van der Waals surface area contributed by atoms with Crippen molar-refractivity contribution in [3.05, 3.63) is 31.9 Å². The molecule has 9 nitrogen and oxygen atoms in total. The predicted octanol–water partition coefficient (Wildman–Crippen LogP) is 3.61. The number of rotatable bonds is 8. The average molecular weight is 397 g/mol. The van der Waals surface area contributed by atoms with E-state index in [4.69, 9.17) is 0 Å². The van der Waals surface area contributed by atoms with E-state index in [2.05, 4.69) is 10.1 Å². The topological polar surface area (TPSA) is 125 Å². The molecule has 0 bridgehead atoms. The van der Waals surface area contributed by atoms with E-state index in [-0.39, 0.29) is 24.4 Å². The summed E-state index contributed by atoms with van der Waals surface area (Å²) in [6.45, 7) is 1.73. The third kappa shape index (κ3) is 4.97. The van der Waals surface area contributed by atoms with E-state index in [0.717, 1.165) is 7.11 Å². The van der Waals surface area contributed by atoms with Crippen LogP contribution in [0.1, 0.15) is 18.9 Å². The van der Waals surface area contributed by atoms with Gasteiger partial charge in [0.15, 0.2) is 5.69 Å². The van der Waals surface area contributed by atoms with E-state index in [1.165, 1.54) is 0 Å². The second kappa shape index (κ2) is 8.69. The van der Waals surface area contributed by atoms with E-state index in [0.29, 0.717) is 6.42 Å². The number of ether oxygens (including phenoxy) is 1. The molecule has 0 aliphatic rings. The van der Waals surface area contributed by atoms with Gasteiger partial charge < -0.3 is 10.1 Å². The van der Waals surface area contributed by atoms with Gasteiger partial charge in [-0.25, -0.2) is 0 Å². The number of halogens is 3. The second-order valence-electron chi connectivity index (χ2n) is 4.80. The molecule has 26 heavy (non-hydrogen) atoms. The number of thioether (sulfide) groups is 1. The highest BCUT2D eigenvalue weighted by Gasteiger charge is 2.42. The Balaban J connectivity index is 3.76. The third-order valence-corrected chi connectivity index (χ3v) is 4.11. The Kier molecular flexibility index (Phi) is 7.18. The van der Waals surface area contributed by atoms with Crippen molar-refractivity contribution in [2.24, 2.45) is 0 Å². The van der Waals surface area contributed by atoms with Crippen molar-refractivity contribution in [1.82, 2.24) is 0 Å². The molecule has 0 atom stereocenters. The van der Waals surface area contributed by atoms with Crippen LogP contribution in [0.2, 0.25) is 0 Å². The van der Waals surface area contributed by atoms with Gasteiger partial charge >= 0.3 is 17.8 Å². The number of nitro groups is 2. The van der Waals surface area contributed by atoms with Gasteiger partial charge in [-0.05, 0) is 6.42 Å². The summed E-state index contributed by atoms with van der Waals surface area (Å²) in [5.41, 5.74) is -4.37. The first-order valence-corrected chi connectivity index (χ1v) is 8.03. The van der Waals surface area contributed by atoms with Crippen molar-refractivity contribution in [2.75, 3.05) is 24.7 Å². The number of hydrogen-bond donors (Lipinski definition) is 1. The van der Waals surface area contributed by atoms with Crippen LogP contribution in [0.4, 0.5) is 30.2 Å². The molecule has 0 amide bonds. The molecule has 13 heteroatoms. The van der Waals surface area contributed by atoms with Crippen LogP contribution in [0.25, 0.3) is 0 Å². The van der Waals surface area contributed by atoms with E-state index < -0.39 is 55.3 Å². The van der Waals surface area contributed by atoms with Crippen LogP contribution in [0.3, 0.4) is 0 Å². The molecule has 0 spiro atoms. The SMILES string of the molecule is CCCNc1c([N+](=O)[O-])cc(C(F)(F)F)c(SCC(=O)OC)c1[N+](=O)[O-]. The lowest BCUT2D eigenvalue weighted by Gasteiger charge is -2.16. The average Bonchev–Trinajstić information content (AvgIpc) is 2.55. The Labute approximate surface area is 149 Å². The van der Waals surface area contributed by atoms with Crippen molar-refractivity contribution < 1.29 is 32.5 Å². The number of alkyl halides is 3. The van der Waals surface area contributed by atoms with Crippen LogP contribution in [0.15, 0.2) is 11.0 Å². The number of nitro benzene ring substituents is 2. The highest BCUT2D eigenvalue weighted by molar-refractivity contribution is 8.00. The Morgan fingerprint density at radius 3 is 2.35 bits per heavy atom. The zero-order chi connectivity index (χ0) is 20.1. The maximum absolute atomic E-state index is 13.3. The number of methoxy groups -OCH3 is 1. The first kappa shape index (κ1) is 21.5. The minimum atomic E-state index is -5.10. The molecule has 0 saturated heterocycles. The number of nitrogens with zero attached hydrogens (tertiary/aromatic N) is 2. The molecule has 0 fully saturated rings. The molecule has 0 heterocycles. The zero-order valence-electron chi connectivity index (χ0n) is 13.6. The summed E-state index contributed by atoms with van der Waals surface area (Å²) in [5, 5.41) is 25.0. The van der Waals surface area contributed by atoms with Gasteiger partial charge in [-0.1, -0.05) is 6.92 Å². The van der Waals surface area contributed by atoms with E-state index in [1.54, 1.807) is 6.92 Å². The summed E-state index contributed by atoms with van der Waals surface area (Å²) < 4.78 is 44.3. The van der Waals surface area contributed by atoms with Gasteiger partial charge in [0.1, 0.15) is 4.90 Å². The molecule has 1 aromatic carbocycles.